The van der Waals surface area contributed by atoms with E-state index in [1.54, 1.807) is 0 Å². The number of carbonyl (C=O) groups is 2. The molecule has 0 fully saturated rings. The van der Waals surface area contributed by atoms with Crippen LogP contribution in [-0.4, -0.2) is 27.1 Å². The third-order valence-corrected chi connectivity index (χ3v) is 2.06. The first kappa shape index (κ1) is 10.2. The van der Waals surface area contributed by atoms with Crippen molar-refractivity contribution in [3.63, 3.8) is 0 Å². The topological polar surface area (TPSA) is 114 Å². The van der Waals surface area contributed by atoms with E-state index in [0.717, 1.165) is 17.4 Å². The van der Waals surface area contributed by atoms with Crippen molar-refractivity contribution in [1.29, 1.82) is 0 Å². The lowest BCUT2D eigenvalue weighted by atomic mass is 10.2. The Labute approximate surface area is 82.3 Å². The molecule has 0 unspecified atom stereocenters. The van der Waals surface area contributed by atoms with Gasteiger partial charge in [0.2, 0.25) is 0 Å². The SMILES string of the molecule is Nc1ncc(C=C(C(=O)O)C(=O)O)s1. The van der Waals surface area contributed by atoms with Gasteiger partial charge in [-0.1, -0.05) is 11.3 Å². The number of nitrogens with zero attached hydrogens (tertiary/aromatic N) is 1. The van der Waals surface area contributed by atoms with E-state index in [-0.39, 0.29) is 5.13 Å². The summed E-state index contributed by atoms with van der Waals surface area (Å²) in [5.74, 6) is -2.99. The van der Waals surface area contributed by atoms with Crippen LogP contribution in [0.1, 0.15) is 4.88 Å². The molecule has 4 N–H and O–H groups in total. The average Bonchev–Trinajstić information content (AvgIpc) is 2.46. The van der Waals surface area contributed by atoms with Crippen LogP contribution in [0.15, 0.2) is 11.8 Å². The minimum atomic E-state index is -1.50. The first-order valence-corrected chi connectivity index (χ1v) is 4.22. The van der Waals surface area contributed by atoms with Gasteiger partial charge in [0, 0.05) is 6.20 Å². The molecule has 1 aromatic rings. The third-order valence-electron chi connectivity index (χ3n) is 1.29. The summed E-state index contributed by atoms with van der Waals surface area (Å²) in [5, 5.41) is 17.3. The second kappa shape index (κ2) is 3.88. The van der Waals surface area contributed by atoms with Gasteiger partial charge in [0.05, 0.1) is 4.88 Å². The highest BCUT2D eigenvalue weighted by atomic mass is 32.1. The molecule has 0 aromatic carbocycles. The minimum absolute atomic E-state index is 0.256. The van der Waals surface area contributed by atoms with Crippen LogP contribution in [0.3, 0.4) is 0 Å². The molecule has 0 saturated carbocycles. The Morgan fingerprint density at radius 1 is 1.43 bits per heavy atom. The standard InChI is InChI=1S/C7H6N2O4S/c8-7-9-2-3(14-7)1-4(5(10)11)6(12)13/h1-2H,(H2,8,9)(H,10,11)(H,12,13). The van der Waals surface area contributed by atoms with Gasteiger partial charge in [-0.25, -0.2) is 14.6 Å². The zero-order valence-corrected chi connectivity index (χ0v) is 7.61. The summed E-state index contributed by atoms with van der Waals surface area (Å²) in [6, 6.07) is 0. The number of hydrogen-bond donors (Lipinski definition) is 3. The second-order valence-electron chi connectivity index (χ2n) is 2.27. The molecule has 0 aliphatic rings. The number of hydrogen-bond acceptors (Lipinski definition) is 5. The van der Waals surface area contributed by atoms with Crippen molar-refractivity contribution in [2.24, 2.45) is 0 Å². The molecule has 1 aromatic heterocycles. The van der Waals surface area contributed by atoms with E-state index < -0.39 is 17.5 Å². The van der Waals surface area contributed by atoms with Gasteiger partial charge in [-0.2, -0.15) is 0 Å². The maximum atomic E-state index is 10.5. The Balaban J connectivity index is 3.05. The quantitative estimate of drug-likeness (QED) is 0.378. The number of aromatic nitrogens is 1. The van der Waals surface area contributed by atoms with Crippen LogP contribution in [0.5, 0.6) is 0 Å². The minimum Gasteiger partial charge on any atom is -0.477 e. The normalized spacial score (nSPS) is 9.43. The first-order chi connectivity index (χ1) is 6.50. The molecular formula is C7H6N2O4S. The number of carboxylic acid groups (broad SMARTS) is 2. The van der Waals surface area contributed by atoms with E-state index in [1.807, 2.05) is 0 Å². The number of aliphatic carboxylic acids is 2. The lowest BCUT2D eigenvalue weighted by Crippen LogP contribution is -2.10. The van der Waals surface area contributed by atoms with Crippen LogP contribution in [-0.2, 0) is 9.59 Å². The van der Waals surface area contributed by atoms with E-state index in [4.69, 9.17) is 15.9 Å². The Morgan fingerprint density at radius 2 is 2.00 bits per heavy atom. The van der Waals surface area contributed by atoms with E-state index in [1.165, 1.54) is 6.20 Å². The number of rotatable bonds is 3. The van der Waals surface area contributed by atoms with Crippen LogP contribution in [0.2, 0.25) is 0 Å². The van der Waals surface area contributed by atoms with Gasteiger partial charge in [-0.05, 0) is 6.08 Å². The van der Waals surface area contributed by atoms with Crippen LogP contribution in [0.25, 0.3) is 6.08 Å². The van der Waals surface area contributed by atoms with Crippen molar-refractivity contribution < 1.29 is 19.8 Å². The summed E-state index contributed by atoms with van der Waals surface area (Å²) >= 11 is 1.01. The molecule has 1 heterocycles. The number of anilines is 1. The van der Waals surface area contributed by atoms with Gasteiger partial charge in [0.25, 0.3) is 0 Å². The fourth-order valence-electron chi connectivity index (χ4n) is 0.725. The zero-order chi connectivity index (χ0) is 10.7. The van der Waals surface area contributed by atoms with Gasteiger partial charge in [-0.15, -0.1) is 0 Å². The summed E-state index contributed by atoms with van der Waals surface area (Å²) in [5.41, 5.74) is 4.58. The summed E-state index contributed by atoms with van der Waals surface area (Å²) in [7, 11) is 0. The lowest BCUT2D eigenvalue weighted by Gasteiger charge is -1.92. The van der Waals surface area contributed by atoms with Crippen molar-refractivity contribution in [3.05, 3.63) is 16.6 Å². The molecule has 0 aliphatic heterocycles. The maximum Gasteiger partial charge on any atom is 0.343 e. The Kier molecular flexibility index (Phi) is 2.82. The molecule has 1 rings (SSSR count). The average molecular weight is 214 g/mol. The van der Waals surface area contributed by atoms with Crippen molar-refractivity contribution in [1.82, 2.24) is 4.98 Å². The highest BCUT2D eigenvalue weighted by Crippen LogP contribution is 2.17. The van der Waals surface area contributed by atoms with Crippen molar-refractivity contribution in [2.75, 3.05) is 5.73 Å². The first-order valence-electron chi connectivity index (χ1n) is 3.40. The molecule has 14 heavy (non-hydrogen) atoms. The largest absolute Gasteiger partial charge is 0.477 e. The monoisotopic (exact) mass is 214 g/mol. The molecule has 0 bridgehead atoms. The zero-order valence-electron chi connectivity index (χ0n) is 6.80. The van der Waals surface area contributed by atoms with Gasteiger partial charge >= 0.3 is 11.9 Å². The van der Waals surface area contributed by atoms with Crippen molar-refractivity contribution in [2.45, 2.75) is 0 Å². The molecule has 0 amide bonds. The summed E-state index contributed by atoms with van der Waals surface area (Å²) < 4.78 is 0. The van der Waals surface area contributed by atoms with Crippen molar-refractivity contribution >= 4 is 34.5 Å². The predicted octanol–water partition coefficient (Wildman–Crippen LogP) is 0.278. The fourth-order valence-corrected chi connectivity index (χ4v) is 1.35. The van der Waals surface area contributed by atoms with E-state index in [9.17, 15) is 9.59 Å². The maximum absolute atomic E-state index is 10.5. The van der Waals surface area contributed by atoms with E-state index >= 15 is 0 Å². The summed E-state index contributed by atoms with van der Waals surface area (Å²) in [6.07, 6.45) is 2.32. The number of carboxylic acids is 2. The van der Waals surface area contributed by atoms with E-state index in [0.29, 0.717) is 4.88 Å². The van der Waals surface area contributed by atoms with Crippen LogP contribution < -0.4 is 5.73 Å². The van der Waals surface area contributed by atoms with Crippen LogP contribution in [0.4, 0.5) is 5.13 Å². The summed E-state index contributed by atoms with van der Waals surface area (Å²) in [6.45, 7) is 0. The van der Waals surface area contributed by atoms with Crippen LogP contribution >= 0.6 is 11.3 Å². The molecule has 6 nitrogen and oxygen atoms in total. The van der Waals surface area contributed by atoms with Gasteiger partial charge in [0.1, 0.15) is 5.57 Å². The fraction of sp³-hybridized carbons (Fsp3) is 0. The second-order valence-corrected chi connectivity index (χ2v) is 3.36. The predicted molar refractivity (Wildman–Crippen MR) is 49.8 cm³/mol. The third kappa shape index (κ3) is 2.30. The van der Waals surface area contributed by atoms with Crippen molar-refractivity contribution in [3.8, 4) is 0 Å². The summed E-state index contributed by atoms with van der Waals surface area (Å²) in [4.78, 5) is 25.0. The molecule has 7 heteroatoms. The Bertz CT molecular complexity index is 394. The highest BCUT2D eigenvalue weighted by Gasteiger charge is 2.16. The van der Waals surface area contributed by atoms with E-state index in [2.05, 4.69) is 4.98 Å². The lowest BCUT2D eigenvalue weighted by molar-refractivity contribution is -0.139. The molecule has 0 saturated heterocycles. The highest BCUT2D eigenvalue weighted by molar-refractivity contribution is 7.16. The Hall–Kier alpha value is -1.89. The van der Waals surface area contributed by atoms with Gasteiger partial charge < -0.3 is 15.9 Å². The molecule has 0 aliphatic carbocycles. The van der Waals surface area contributed by atoms with Gasteiger partial charge in [0.15, 0.2) is 5.13 Å². The van der Waals surface area contributed by atoms with Gasteiger partial charge in [-0.3, -0.25) is 0 Å². The molecule has 74 valence electrons. The molecule has 0 radical (unpaired) electrons. The molecular weight excluding hydrogens is 208 g/mol. The molecule has 0 atom stereocenters. The smallest absolute Gasteiger partial charge is 0.343 e. The Morgan fingerprint density at radius 3 is 2.36 bits per heavy atom. The number of nitrogens with two attached hydrogens (primary N) is 1. The van der Waals surface area contributed by atoms with Crippen LogP contribution in [0, 0.1) is 0 Å². The number of nitrogen functional groups attached to an aromatic ring is 1. The molecule has 0 spiro atoms. The number of thiazole rings is 1.